The topological polar surface area (TPSA) is 32.3 Å². The SMILES string of the molecule is [CH2]C1CNCCC1O. The van der Waals surface area contributed by atoms with E-state index in [1.807, 2.05) is 0 Å². The van der Waals surface area contributed by atoms with Crippen molar-refractivity contribution in [2.45, 2.75) is 12.5 Å². The van der Waals surface area contributed by atoms with Crippen molar-refractivity contribution in [1.82, 2.24) is 5.32 Å². The fourth-order valence-corrected chi connectivity index (χ4v) is 0.909. The fourth-order valence-electron chi connectivity index (χ4n) is 0.909. The molecular weight excluding hydrogens is 102 g/mol. The Morgan fingerprint density at radius 1 is 1.62 bits per heavy atom. The highest BCUT2D eigenvalue weighted by atomic mass is 16.3. The van der Waals surface area contributed by atoms with E-state index in [0.29, 0.717) is 0 Å². The molecule has 1 rings (SSSR count). The van der Waals surface area contributed by atoms with Gasteiger partial charge in [-0.25, -0.2) is 0 Å². The van der Waals surface area contributed by atoms with Crippen LogP contribution in [-0.4, -0.2) is 24.3 Å². The van der Waals surface area contributed by atoms with Crippen LogP contribution in [0.15, 0.2) is 0 Å². The minimum atomic E-state index is -0.170. The van der Waals surface area contributed by atoms with E-state index in [9.17, 15) is 0 Å². The van der Waals surface area contributed by atoms with Gasteiger partial charge in [0, 0.05) is 6.54 Å². The van der Waals surface area contributed by atoms with Crippen molar-refractivity contribution in [2.24, 2.45) is 5.92 Å². The molecule has 1 aliphatic heterocycles. The number of rotatable bonds is 0. The van der Waals surface area contributed by atoms with Crippen LogP contribution in [0.3, 0.4) is 0 Å². The molecule has 2 heteroatoms. The highest BCUT2D eigenvalue weighted by Crippen LogP contribution is 2.07. The molecule has 8 heavy (non-hydrogen) atoms. The number of hydrogen-bond acceptors (Lipinski definition) is 2. The number of hydrogen-bond donors (Lipinski definition) is 2. The summed E-state index contributed by atoms with van der Waals surface area (Å²) in [6.45, 7) is 5.57. The van der Waals surface area contributed by atoms with Crippen LogP contribution in [0.4, 0.5) is 0 Å². The predicted octanol–water partition coefficient (Wildman–Crippen LogP) is -0.209. The van der Waals surface area contributed by atoms with E-state index in [4.69, 9.17) is 5.11 Å². The molecule has 47 valence electrons. The van der Waals surface area contributed by atoms with Gasteiger partial charge in [0.15, 0.2) is 0 Å². The molecule has 1 radical (unpaired) electrons. The van der Waals surface area contributed by atoms with Gasteiger partial charge in [0.2, 0.25) is 0 Å². The quantitative estimate of drug-likeness (QED) is 0.457. The van der Waals surface area contributed by atoms with E-state index in [1.165, 1.54) is 0 Å². The number of aliphatic hydroxyl groups is 1. The van der Waals surface area contributed by atoms with E-state index in [1.54, 1.807) is 0 Å². The molecule has 0 aliphatic carbocycles. The third-order valence-electron chi connectivity index (χ3n) is 1.57. The summed E-state index contributed by atoms with van der Waals surface area (Å²) in [7, 11) is 0. The minimum absolute atomic E-state index is 0.170. The van der Waals surface area contributed by atoms with Gasteiger partial charge >= 0.3 is 0 Å². The molecule has 1 fully saturated rings. The molecule has 0 aromatic rings. The van der Waals surface area contributed by atoms with Crippen LogP contribution in [0, 0.1) is 12.8 Å². The minimum Gasteiger partial charge on any atom is -0.393 e. The monoisotopic (exact) mass is 114 g/mol. The zero-order chi connectivity index (χ0) is 5.98. The molecule has 2 nitrogen and oxygen atoms in total. The average molecular weight is 114 g/mol. The van der Waals surface area contributed by atoms with Gasteiger partial charge in [0.25, 0.3) is 0 Å². The Morgan fingerprint density at radius 2 is 2.38 bits per heavy atom. The van der Waals surface area contributed by atoms with Crippen LogP contribution in [0.25, 0.3) is 0 Å². The first kappa shape index (κ1) is 6.05. The Morgan fingerprint density at radius 3 is 2.75 bits per heavy atom. The van der Waals surface area contributed by atoms with Gasteiger partial charge in [-0.2, -0.15) is 0 Å². The van der Waals surface area contributed by atoms with Crippen molar-refractivity contribution < 1.29 is 5.11 Å². The largest absolute Gasteiger partial charge is 0.393 e. The van der Waals surface area contributed by atoms with E-state index in [-0.39, 0.29) is 12.0 Å². The van der Waals surface area contributed by atoms with Crippen LogP contribution in [0.1, 0.15) is 6.42 Å². The second-order valence-electron chi connectivity index (χ2n) is 2.32. The Labute approximate surface area is 49.9 Å². The second-order valence-corrected chi connectivity index (χ2v) is 2.32. The van der Waals surface area contributed by atoms with Gasteiger partial charge < -0.3 is 10.4 Å². The Kier molecular flexibility index (Phi) is 1.86. The molecule has 2 atom stereocenters. The standard InChI is InChI=1S/C6H12NO/c1-5-4-7-3-2-6(5)8/h5-8H,1-4H2. The van der Waals surface area contributed by atoms with Crippen LogP contribution in [-0.2, 0) is 0 Å². The van der Waals surface area contributed by atoms with Gasteiger partial charge in [0.05, 0.1) is 6.10 Å². The van der Waals surface area contributed by atoms with Crippen molar-refractivity contribution in [1.29, 1.82) is 0 Å². The van der Waals surface area contributed by atoms with E-state index in [0.717, 1.165) is 19.5 Å². The summed E-state index contributed by atoms with van der Waals surface area (Å²) in [6, 6.07) is 0. The lowest BCUT2D eigenvalue weighted by atomic mass is 9.99. The molecule has 0 bridgehead atoms. The van der Waals surface area contributed by atoms with E-state index >= 15 is 0 Å². The summed E-state index contributed by atoms with van der Waals surface area (Å²) in [4.78, 5) is 0. The third-order valence-corrected chi connectivity index (χ3v) is 1.57. The second kappa shape index (κ2) is 2.46. The molecule has 0 spiro atoms. The van der Waals surface area contributed by atoms with Crippen molar-refractivity contribution in [3.05, 3.63) is 6.92 Å². The summed E-state index contributed by atoms with van der Waals surface area (Å²) in [5.41, 5.74) is 0. The lowest BCUT2D eigenvalue weighted by Crippen LogP contribution is -2.38. The molecule has 2 unspecified atom stereocenters. The van der Waals surface area contributed by atoms with Crippen molar-refractivity contribution in [3.8, 4) is 0 Å². The molecule has 1 aliphatic rings. The summed E-state index contributed by atoms with van der Waals surface area (Å²) >= 11 is 0. The normalized spacial score (nSPS) is 39.8. The lowest BCUT2D eigenvalue weighted by Gasteiger charge is -2.24. The molecule has 1 heterocycles. The van der Waals surface area contributed by atoms with Crippen molar-refractivity contribution in [2.75, 3.05) is 13.1 Å². The highest BCUT2D eigenvalue weighted by molar-refractivity contribution is 4.78. The van der Waals surface area contributed by atoms with E-state index < -0.39 is 0 Å². The number of nitrogens with one attached hydrogen (secondary N) is 1. The summed E-state index contributed by atoms with van der Waals surface area (Å²) < 4.78 is 0. The van der Waals surface area contributed by atoms with Gasteiger partial charge in [0.1, 0.15) is 0 Å². The molecule has 0 aromatic carbocycles. The molecule has 2 N–H and O–H groups in total. The summed E-state index contributed by atoms with van der Waals surface area (Å²) in [5.74, 6) is 0.198. The lowest BCUT2D eigenvalue weighted by molar-refractivity contribution is 0.100. The maximum Gasteiger partial charge on any atom is 0.0592 e. The maximum absolute atomic E-state index is 9.08. The molecule has 0 saturated carbocycles. The van der Waals surface area contributed by atoms with Crippen LogP contribution >= 0.6 is 0 Å². The summed E-state index contributed by atoms with van der Waals surface area (Å²) in [5, 5.41) is 12.2. The van der Waals surface area contributed by atoms with E-state index in [2.05, 4.69) is 12.2 Å². The van der Waals surface area contributed by atoms with Gasteiger partial charge in [-0.05, 0) is 25.8 Å². The van der Waals surface area contributed by atoms with Crippen LogP contribution in [0.2, 0.25) is 0 Å². The van der Waals surface area contributed by atoms with Crippen LogP contribution < -0.4 is 5.32 Å². The first-order valence-electron chi connectivity index (χ1n) is 3.02. The zero-order valence-electron chi connectivity index (χ0n) is 4.93. The Bertz CT molecular complexity index is 64.9. The summed E-state index contributed by atoms with van der Waals surface area (Å²) in [6.07, 6.45) is 0.685. The average Bonchev–Trinajstić information content (AvgIpc) is 1.77. The Hall–Kier alpha value is -0.0800. The van der Waals surface area contributed by atoms with Gasteiger partial charge in [-0.1, -0.05) is 0 Å². The molecule has 0 aromatic heterocycles. The Balaban J connectivity index is 2.28. The highest BCUT2D eigenvalue weighted by Gasteiger charge is 2.17. The van der Waals surface area contributed by atoms with Crippen molar-refractivity contribution >= 4 is 0 Å². The number of aliphatic hydroxyl groups excluding tert-OH is 1. The van der Waals surface area contributed by atoms with Crippen LogP contribution in [0.5, 0.6) is 0 Å². The maximum atomic E-state index is 9.08. The first-order valence-corrected chi connectivity index (χ1v) is 3.02. The predicted molar refractivity (Wildman–Crippen MR) is 32.3 cm³/mol. The number of piperidine rings is 1. The van der Waals surface area contributed by atoms with Gasteiger partial charge in [-0.3, -0.25) is 0 Å². The fraction of sp³-hybridized carbons (Fsp3) is 0.833. The van der Waals surface area contributed by atoms with Crippen molar-refractivity contribution in [3.63, 3.8) is 0 Å². The molecular formula is C6H12NO. The van der Waals surface area contributed by atoms with Gasteiger partial charge in [-0.15, -0.1) is 0 Å². The molecule has 1 saturated heterocycles. The molecule has 0 amide bonds. The zero-order valence-corrected chi connectivity index (χ0v) is 4.93. The third kappa shape index (κ3) is 1.20. The smallest absolute Gasteiger partial charge is 0.0592 e. The first-order chi connectivity index (χ1) is 3.80.